The molecule has 15 heavy (non-hydrogen) atoms. The molecule has 0 radical (unpaired) electrons. The summed E-state index contributed by atoms with van der Waals surface area (Å²) in [4.78, 5) is 10.2. The van der Waals surface area contributed by atoms with E-state index in [1.807, 2.05) is 0 Å². The summed E-state index contributed by atoms with van der Waals surface area (Å²) in [6.45, 7) is 3.44. The second kappa shape index (κ2) is 4.68. The molecule has 0 N–H and O–H groups in total. The second-order valence-corrected chi connectivity index (χ2v) is 3.25. The molecule has 0 saturated carbocycles. The molecular weight excluding hydrogens is 197 g/mol. The first-order valence-corrected chi connectivity index (χ1v) is 4.65. The van der Waals surface area contributed by atoms with Crippen LogP contribution in [0.4, 0.5) is 4.39 Å². The van der Waals surface area contributed by atoms with Gasteiger partial charge in [-0.05, 0) is 30.2 Å². The summed E-state index contributed by atoms with van der Waals surface area (Å²) >= 11 is 0. The van der Waals surface area contributed by atoms with Crippen molar-refractivity contribution in [3.63, 3.8) is 0 Å². The largest absolute Gasteiger partial charge is 0.259 e. The Morgan fingerprint density at radius 2 is 2.27 bits per heavy atom. The van der Waals surface area contributed by atoms with E-state index in [0.717, 1.165) is 0 Å². The standard InChI is InChI=1S/C11H12FNO2/c1-3-11(13(14)15)7-9-4-5-10(12)6-8(9)2/h4-7H,3H2,1-2H3. The van der Waals surface area contributed by atoms with Gasteiger partial charge in [-0.15, -0.1) is 0 Å². The molecule has 80 valence electrons. The first-order chi connectivity index (χ1) is 7.04. The number of hydrogen-bond acceptors (Lipinski definition) is 2. The fourth-order valence-electron chi connectivity index (χ4n) is 1.26. The monoisotopic (exact) mass is 209 g/mol. The number of aryl methyl sites for hydroxylation is 1. The van der Waals surface area contributed by atoms with E-state index in [0.29, 0.717) is 17.5 Å². The SMILES string of the molecule is CCC(=Cc1ccc(F)cc1C)[N+](=O)[O-]. The average molecular weight is 209 g/mol. The maximum absolute atomic E-state index is 12.8. The van der Waals surface area contributed by atoms with Gasteiger partial charge in [-0.1, -0.05) is 13.0 Å². The van der Waals surface area contributed by atoms with E-state index in [1.54, 1.807) is 19.9 Å². The lowest BCUT2D eigenvalue weighted by molar-refractivity contribution is -0.425. The van der Waals surface area contributed by atoms with Crippen molar-refractivity contribution in [2.45, 2.75) is 20.3 Å². The maximum Gasteiger partial charge on any atom is 0.246 e. The average Bonchev–Trinajstić information content (AvgIpc) is 2.16. The number of nitro groups is 1. The van der Waals surface area contributed by atoms with Gasteiger partial charge in [0, 0.05) is 12.5 Å². The number of hydrogen-bond donors (Lipinski definition) is 0. The fourth-order valence-corrected chi connectivity index (χ4v) is 1.26. The molecule has 0 saturated heterocycles. The molecule has 1 rings (SSSR count). The van der Waals surface area contributed by atoms with Crippen molar-refractivity contribution in [3.05, 3.63) is 51.0 Å². The summed E-state index contributed by atoms with van der Waals surface area (Å²) in [5, 5.41) is 10.6. The Morgan fingerprint density at radius 3 is 2.73 bits per heavy atom. The Hall–Kier alpha value is -1.71. The molecule has 0 amide bonds. The minimum atomic E-state index is -0.414. The highest BCUT2D eigenvalue weighted by Gasteiger charge is 2.08. The van der Waals surface area contributed by atoms with Crippen LogP contribution in [0, 0.1) is 22.9 Å². The summed E-state index contributed by atoms with van der Waals surface area (Å²) in [6, 6.07) is 4.20. The molecule has 0 fully saturated rings. The third-order valence-electron chi connectivity index (χ3n) is 2.15. The first-order valence-electron chi connectivity index (χ1n) is 4.65. The zero-order valence-electron chi connectivity index (χ0n) is 8.66. The minimum absolute atomic E-state index is 0.129. The lowest BCUT2D eigenvalue weighted by Crippen LogP contribution is -1.97. The van der Waals surface area contributed by atoms with Gasteiger partial charge in [-0.3, -0.25) is 10.1 Å². The molecule has 3 nitrogen and oxygen atoms in total. The van der Waals surface area contributed by atoms with E-state index in [-0.39, 0.29) is 11.5 Å². The molecular formula is C11H12FNO2. The van der Waals surface area contributed by atoms with Crippen LogP contribution in [0.2, 0.25) is 0 Å². The van der Waals surface area contributed by atoms with Crippen molar-refractivity contribution in [3.8, 4) is 0 Å². The van der Waals surface area contributed by atoms with Crippen molar-refractivity contribution in [1.29, 1.82) is 0 Å². The molecule has 4 heteroatoms. The number of halogens is 1. The summed E-state index contributed by atoms with van der Waals surface area (Å²) in [5.41, 5.74) is 1.51. The number of allylic oxidation sites excluding steroid dienone is 1. The zero-order chi connectivity index (χ0) is 11.4. The molecule has 0 aromatic heterocycles. The van der Waals surface area contributed by atoms with Crippen LogP contribution >= 0.6 is 0 Å². The van der Waals surface area contributed by atoms with Gasteiger partial charge in [0.2, 0.25) is 5.70 Å². The third-order valence-corrected chi connectivity index (χ3v) is 2.15. The van der Waals surface area contributed by atoms with E-state index in [4.69, 9.17) is 0 Å². The van der Waals surface area contributed by atoms with E-state index in [2.05, 4.69) is 0 Å². The lowest BCUT2D eigenvalue weighted by atomic mass is 10.1. The van der Waals surface area contributed by atoms with Gasteiger partial charge in [0.15, 0.2) is 0 Å². The van der Waals surface area contributed by atoms with Crippen LogP contribution in [0.3, 0.4) is 0 Å². The summed E-state index contributed by atoms with van der Waals surface area (Å²) < 4.78 is 12.8. The van der Waals surface area contributed by atoms with Crippen LogP contribution < -0.4 is 0 Å². The molecule has 0 bridgehead atoms. The van der Waals surface area contributed by atoms with E-state index in [1.165, 1.54) is 18.2 Å². The molecule has 0 atom stereocenters. The van der Waals surface area contributed by atoms with Gasteiger partial charge >= 0.3 is 0 Å². The quantitative estimate of drug-likeness (QED) is 0.566. The smallest absolute Gasteiger partial charge is 0.246 e. The van der Waals surface area contributed by atoms with Crippen molar-refractivity contribution >= 4 is 6.08 Å². The Kier molecular flexibility index (Phi) is 3.55. The fraction of sp³-hybridized carbons (Fsp3) is 0.273. The summed E-state index contributed by atoms with van der Waals surface area (Å²) in [7, 11) is 0. The van der Waals surface area contributed by atoms with Crippen LogP contribution in [-0.2, 0) is 0 Å². The predicted octanol–water partition coefficient (Wildman–Crippen LogP) is 3.16. The summed E-state index contributed by atoms with van der Waals surface area (Å²) in [5.74, 6) is -0.330. The van der Waals surface area contributed by atoms with Crippen molar-refractivity contribution in [2.75, 3.05) is 0 Å². The zero-order valence-corrected chi connectivity index (χ0v) is 8.66. The Balaban J connectivity index is 3.12. The predicted molar refractivity (Wildman–Crippen MR) is 56.4 cm³/mol. The molecule has 0 aliphatic heterocycles. The van der Waals surface area contributed by atoms with E-state index in [9.17, 15) is 14.5 Å². The topological polar surface area (TPSA) is 43.1 Å². The Morgan fingerprint density at radius 1 is 1.60 bits per heavy atom. The van der Waals surface area contributed by atoms with Crippen LogP contribution in [0.1, 0.15) is 24.5 Å². The molecule has 1 aromatic carbocycles. The van der Waals surface area contributed by atoms with Gasteiger partial charge in [0.25, 0.3) is 0 Å². The van der Waals surface area contributed by atoms with Gasteiger partial charge in [0.1, 0.15) is 5.82 Å². The van der Waals surface area contributed by atoms with E-state index < -0.39 is 4.92 Å². The van der Waals surface area contributed by atoms with Gasteiger partial charge in [-0.2, -0.15) is 0 Å². The van der Waals surface area contributed by atoms with Crippen LogP contribution in [0.15, 0.2) is 23.9 Å². The Labute approximate surface area is 87.4 Å². The Bertz CT molecular complexity index is 413. The number of rotatable bonds is 3. The molecule has 0 heterocycles. The maximum atomic E-state index is 12.8. The first kappa shape index (κ1) is 11.4. The molecule has 0 aliphatic carbocycles. The van der Waals surface area contributed by atoms with Crippen molar-refractivity contribution in [2.24, 2.45) is 0 Å². The van der Waals surface area contributed by atoms with Crippen molar-refractivity contribution < 1.29 is 9.31 Å². The van der Waals surface area contributed by atoms with Crippen LogP contribution in [0.25, 0.3) is 6.08 Å². The molecule has 0 unspecified atom stereocenters. The highest BCUT2D eigenvalue weighted by Crippen LogP contribution is 2.15. The van der Waals surface area contributed by atoms with Gasteiger partial charge < -0.3 is 0 Å². The van der Waals surface area contributed by atoms with Crippen LogP contribution in [-0.4, -0.2) is 4.92 Å². The van der Waals surface area contributed by atoms with Crippen LogP contribution in [0.5, 0.6) is 0 Å². The van der Waals surface area contributed by atoms with Crippen molar-refractivity contribution in [1.82, 2.24) is 0 Å². The number of benzene rings is 1. The second-order valence-electron chi connectivity index (χ2n) is 3.25. The molecule has 0 spiro atoms. The summed E-state index contributed by atoms with van der Waals surface area (Å²) in [6.07, 6.45) is 1.83. The normalized spacial score (nSPS) is 11.5. The lowest BCUT2D eigenvalue weighted by Gasteiger charge is -2.00. The van der Waals surface area contributed by atoms with Gasteiger partial charge in [-0.25, -0.2) is 4.39 Å². The highest BCUT2D eigenvalue weighted by molar-refractivity contribution is 5.54. The molecule has 0 aliphatic rings. The molecule has 1 aromatic rings. The minimum Gasteiger partial charge on any atom is -0.259 e. The number of nitrogens with zero attached hydrogens (tertiary/aromatic N) is 1. The van der Waals surface area contributed by atoms with E-state index >= 15 is 0 Å². The van der Waals surface area contributed by atoms with Gasteiger partial charge in [0.05, 0.1) is 4.92 Å². The third kappa shape index (κ3) is 2.87. The highest BCUT2D eigenvalue weighted by atomic mass is 19.1.